The van der Waals surface area contributed by atoms with E-state index in [4.69, 9.17) is 9.47 Å². The highest BCUT2D eigenvalue weighted by Crippen LogP contribution is 2.33. The van der Waals surface area contributed by atoms with Crippen LogP contribution in [0.25, 0.3) is 0 Å². The van der Waals surface area contributed by atoms with Crippen molar-refractivity contribution in [2.24, 2.45) is 0 Å². The Kier molecular flexibility index (Phi) is 2.46. The average Bonchev–Trinajstić information content (AvgIpc) is 2.19. The molecule has 0 unspecified atom stereocenters. The number of benzene rings is 1. The first-order chi connectivity index (χ1) is 6.72. The molecule has 1 atom stereocenters. The summed E-state index contributed by atoms with van der Waals surface area (Å²) in [7, 11) is 1.60. The van der Waals surface area contributed by atoms with Crippen LogP contribution in [0.2, 0.25) is 0 Å². The van der Waals surface area contributed by atoms with E-state index >= 15 is 0 Å². The third-order valence-corrected chi connectivity index (χ3v) is 2.98. The molecule has 0 bridgehead atoms. The van der Waals surface area contributed by atoms with Gasteiger partial charge in [-0.15, -0.1) is 0 Å². The number of ether oxygens (including phenoxy) is 2. The van der Waals surface area contributed by atoms with Gasteiger partial charge in [0.05, 0.1) is 7.11 Å². The van der Waals surface area contributed by atoms with Crippen molar-refractivity contribution in [2.45, 2.75) is 5.92 Å². The molecule has 1 aromatic carbocycles. The number of carbonyl (C=O) groups is 1. The fourth-order valence-corrected chi connectivity index (χ4v) is 1.89. The molecule has 0 N–H and O–H groups in total. The van der Waals surface area contributed by atoms with Gasteiger partial charge in [-0.25, -0.2) is 0 Å². The zero-order chi connectivity index (χ0) is 10.1. The van der Waals surface area contributed by atoms with Gasteiger partial charge in [-0.1, -0.05) is 15.9 Å². The van der Waals surface area contributed by atoms with E-state index in [1.165, 1.54) is 0 Å². The molecule has 1 heterocycles. The van der Waals surface area contributed by atoms with E-state index in [9.17, 15) is 4.79 Å². The maximum Gasteiger partial charge on any atom is 0.317 e. The summed E-state index contributed by atoms with van der Waals surface area (Å²) in [5, 5.41) is 0. The van der Waals surface area contributed by atoms with Gasteiger partial charge in [0, 0.05) is 4.47 Å². The number of rotatable bonds is 2. The molecule has 0 amide bonds. The number of cyclic esters (lactones) is 1. The normalized spacial score (nSPS) is 19.9. The molecule has 3 nitrogen and oxygen atoms in total. The molecule has 0 saturated carbocycles. The lowest BCUT2D eigenvalue weighted by Gasteiger charge is -2.25. The Balaban J connectivity index is 2.35. The fourth-order valence-electron chi connectivity index (χ4n) is 1.37. The highest BCUT2D eigenvalue weighted by molar-refractivity contribution is 9.10. The van der Waals surface area contributed by atoms with Crippen molar-refractivity contribution in [1.29, 1.82) is 0 Å². The lowest BCUT2D eigenvalue weighted by Crippen LogP contribution is -2.32. The van der Waals surface area contributed by atoms with Crippen LogP contribution in [0.5, 0.6) is 5.75 Å². The van der Waals surface area contributed by atoms with Gasteiger partial charge in [-0.3, -0.25) is 4.79 Å². The number of esters is 1. The first kappa shape index (κ1) is 9.52. The second-order valence-corrected chi connectivity index (χ2v) is 3.92. The molecule has 1 fully saturated rings. The van der Waals surface area contributed by atoms with Crippen LogP contribution in [0.4, 0.5) is 0 Å². The molecule has 4 heteroatoms. The predicted octanol–water partition coefficient (Wildman–Crippen LogP) is 2.10. The summed E-state index contributed by atoms with van der Waals surface area (Å²) in [6.45, 7) is 0.463. The van der Waals surface area contributed by atoms with Crippen molar-refractivity contribution < 1.29 is 14.3 Å². The van der Waals surface area contributed by atoms with Crippen LogP contribution in [-0.2, 0) is 9.53 Å². The van der Waals surface area contributed by atoms with Crippen LogP contribution in [0.3, 0.4) is 0 Å². The standard InChI is InChI=1S/C10H9BrO3/c1-13-6-2-3-9(11)7(4-6)8-5-14-10(8)12/h2-4,8H,5H2,1H3/t8-/m0/s1. The second kappa shape index (κ2) is 3.61. The minimum Gasteiger partial charge on any atom is -0.497 e. The van der Waals surface area contributed by atoms with E-state index in [1.54, 1.807) is 7.11 Å². The SMILES string of the molecule is COc1ccc(Br)c([C@@H]2COC2=O)c1. The van der Waals surface area contributed by atoms with Gasteiger partial charge in [-0.05, 0) is 23.8 Å². The van der Waals surface area contributed by atoms with E-state index in [1.807, 2.05) is 18.2 Å². The smallest absolute Gasteiger partial charge is 0.317 e. The van der Waals surface area contributed by atoms with Crippen LogP contribution in [-0.4, -0.2) is 19.7 Å². The third-order valence-electron chi connectivity index (χ3n) is 2.26. The summed E-state index contributed by atoms with van der Waals surface area (Å²) in [4.78, 5) is 11.1. The minimum atomic E-state index is -0.168. The monoisotopic (exact) mass is 256 g/mol. The second-order valence-electron chi connectivity index (χ2n) is 3.07. The molecule has 0 radical (unpaired) electrons. The Bertz CT molecular complexity index is 376. The van der Waals surface area contributed by atoms with Gasteiger partial charge in [0.25, 0.3) is 0 Å². The molecule has 0 aromatic heterocycles. The summed E-state index contributed by atoms with van der Waals surface area (Å²) in [5.74, 6) is 0.446. The number of hydrogen-bond acceptors (Lipinski definition) is 3. The van der Waals surface area contributed by atoms with Crippen LogP contribution < -0.4 is 4.74 Å². The van der Waals surface area contributed by atoms with Gasteiger partial charge in [0.15, 0.2) is 0 Å². The van der Waals surface area contributed by atoms with Crippen LogP contribution in [0.15, 0.2) is 22.7 Å². The quantitative estimate of drug-likeness (QED) is 0.761. The Labute approximate surface area is 90.1 Å². The van der Waals surface area contributed by atoms with Crippen molar-refractivity contribution in [2.75, 3.05) is 13.7 Å². The van der Waals surface area contributed by atoms with E-state index in [0.29, 0.717) is 6.61 Å². The zero-order valence-corrected chi connectivity index (χ0v) is 9.21. The molecule has 14 heavy (non-hydrogen) atoms. The molecule has 1 aromatic rings. The van der Waals surface area contributed by atoms with E-state index in [0.717, 1.165) is 15.8 Å². The minimum absolute atomic E-state index is 0.139. The highest BCUT2D eigenvalue weighted by Gasteiger charge is 2.33. The molecule has 0 aliphatic carbocycles. The van der Waals surface area contributed by atoms with Crippen molar-refractivity contribution in [1.82, 2.24) is 0 Å². The van der Waals surface area contributed by atoms with Crippen molar-refractivity contribution in [3.63, 3.8) is 0 Å². The summed E-state index contributed by atoms with van der Waals surface area (Å²) < 4.78 is 10.7. The maximum atomic E-state index is 11.1. The summed E-state index contributed by atoms with van der Waals surface area (Å²) >= 11 is 3.40. The third kappa shape index (κ3) is 1.50. The first-order valence-electron chi connectivity index (χ1n) is 4.22. The van der Waals surface area contributed by atoms with Crippen LogP contribution >= 0.6 is 15.9 Å². The van der Waals surface area contributed by atoms with Gasteiger partial charge < -0.3 is 9.47 Å². The lowest BCUT2D eigenvalue weighted by molar-refractivity contribution is -0.161. The van der Waals surface area contributed by atoms with Gasteiger partial charge in [0.1, 0.15) is 18.3 Å². The molecular weight excluding hydrogens is 248 g/mol. The number of halogens is 1. The Morgan fingerprint density at radius 1 is 1.57 bits per heavy atom. The average molecular weight is 257 g/mol. The first-order valence-corrected chi connectivity index (χ1v) is 5.01. The Morgan fingerprint density at radius 2 is 2.36 bits per heavy atom. The van der Waals surface area contributed by atoms with Crippen molar-refractivity contribution in [3.8, 4) is 5.75 Å². The Hall–Kier alpha value is -1.03. The number of hydrogen-bond donors (Lipinski definition) is 0. The van der Waals surface area contributed by atoms with Gasteiger partial charge in [0.2, 0.25) is 0 Å². The zero-order valence-electron chi connectivity index (χ0n) is 7.62. The molecule has 2 rings (SSSR count). The largest absolute Gasteiger partial charge is 0.497 e. The summed E-state index contributed by atoms with van der Waals surface area (Å²) in [5.41, 5.74) is 0.931. The van der Waals surface area contributed by atoms with Crippen molar-refractivity contribution >= 4 is 21.9 Å². The fraction of sp³-hybridized carbons (Fsp3) is 0.300. The van der Waals surface area contributed by atoms with Gasteiger partial charge >= 0.3 is 5.97 Å². The highest BCUT2D eigenvalue weighted by atomic mass is 79.9. The van der Waals surface area contributed by atoms with E-state index in [-0.39, 0.29) is 11.9 Å². The molecule has 1 aliphatic rings. The Morgan fingerprint density at radius 3 is 2.86 bits per heavy atom. The van der Waals surface area contributed by atoms with E-state index in [2.05, 4.69) is 15.9 Å². The molecule has 74 valence electrons. The molecule has 0 spiro atoms. The summed E-state index contributed by atoms with van der Waals surface area (Å²) in [6, 6.07) is 5.58. The van der Waals surface area contributed by atoms with Crippen molar-refractivity contribution in [3.05, 3.63) is 28.2 Å². The number of carbonyl (C=O) groups excluding carboxylic acids is 1. The molecule has 1 aliphatic heterocycles. The summed E-state index contributed by atoms with van der Waals surface area (Å²) in [6.07, 6.45) is 0. The molecular formula is C10H9BrO3. The predicted molar refractivity (Wildman–Crippen MR) is 54.4 cm³/mol. The lowest BCUT2D eigenvalue weighted by atomic mass is 9.97. The van der Waals surface area contributed by atoms with E-state index < -0.39 is 0 Å². The molecule has 1 saturated heterocycles. The van der Waals surface area contributed by atoms with Crippen LogP contribution in [0, 0.1) is 0 Å². The maximum absolute atomic E-state index is 11.1. The van der Waals surface area contributed by atoms with Gasteiger partial charge in [-0.2, -0.15) is 0 Å². The van der Waals surface area contributed by atoms with Crippen LogP contribution in [0.1, 0.15) is 11.5 Å². The topological polar surface area (TPSA) is 35.5 Å². The number of methoxy groups -OCH3 is 1.